The quantitative estimate of drug-likeness (QED) is 0.597. The molecule has 4 atom stereocenters. The number of hydrogen-bond acceptors (Lipinski definition) is 4. The molecule has 1 saturated heterocycles. The van der Waals surface area contributed by atoms with Gasteiger partial charge in [-0.25, -0.2) is 0 Å². The van der Waals surface area contributed by atoms with Gasteiger partial charge < -0.3 is 4.74 Å². The molecule has 0 aromatic heterocycles. The van der Waals surface area contributed by atoms with Crippen LogP contribution in [0, 0.1) is 23.7 Å². The zero-order valence-electron chi connectivity index (χ0n) is 16.1. The summed E-state index contributed by atoms with van der Waals surface area (Å²) in [6, 6.07) is 17.0. The number of likely N-dealkylation sites (tertiary alicyclic amines) is 1. The van der Waals surface area contributed by atoms with Crippen molar-refractivity contribution in [2.45, 2.75) is 13.0 Å². The number of amides is 2. The van der Waals surface area contributed by atoms with Crippen molar-refractivity contribution >= 4 is 23.7 Å². The van der Waals surface area contributed by atoms with Gasteiger partial charge in [0.2, 0.25) is 11.8 Å². The lowest BCUT2D eigenvalue weighted by Crippen LogP contribution is -2.46. The number of fused-ring (bicyclic) bond motifs is 4. The number of rotatable bonds is 4. The van der Waals surface area contributed by atoms with Crippen LogP contribution in [0.2, 0.25) is 0 Å². The maximum Gasteiger partial charge on any atom is 0.234 e. The lowest BCUT2D eigenvalue weighted by Gasteiger charge is -2.40. The Morgan fingerprint density at radius 3 is 2.31 bits per heavy atom. The van der Waals surface area contributed by atoms with Crippen LogP contribution in [0.3, 0.4) is 0 Å². The van der Waals surface area contributed by atoms with Crippen LogP contribution >= 0.6 is 0 Å². The zero-order chi connectivity index (χ0) is 20.1. The molecule has 0 radical (unpaired) electrons. The number of hydrogen-bond donors (Lipinski definition) is 0. The van der Waals surface area contributed by atoms with Gasteiger partial charge in [0.1, 0.15) is 5.75 Å². The monoisotopic (exact) mass is 387 g/mol. The molecule has 2 aliphatic carbocycles. The Labute approximate surface area is 169 Å². The number of benzene rings is 2. The number of nitrogens with zero attached hydrogens (tertiary/aromatic N) is 1. The van der Waals surface area contributed by atoms with Crippen LogP contribution in [0.1, 0.15) is 17.5 Å². The van der Waals surface area contributed by atoms with Gasteiger partial charge in [-0.3, -0.25) is 19.3 Å². The molecule has 0 bridgehead atoms. The summed E-state index contributed by atoms with van der Waals surface area (Å²) in [6.07, 6.45) is 2.23. The zero-order valence-corrected chi connectivity index (χ0v) is 16.1. The Hall–Kier alpha value is -3.21. The van der Waals surface area contributed by atoms with Crippen LogP contribution in [-0.2, 0) is 20.9 Å². The van der Waals surface area contributed by atoms with E-state index in [2.05, 4.69) is 0 Å². The molecule has 2 amide bonds. The fraction of sp³-hybridized carbons (Fsp3) is 0.292. The minimum atomic E-state index is -0.396. The fourth-order valence-corrected chi connectivity index (χ4v) is 5.12. The highest BCUT2D eigenvalue weighted by atomic mass is 16.5. The van der Waals surface area contributed by atoms with E-state index in [9.17, 15) is 14.4 Å². The SMILES string of the molecule is COc1ccc(/C=C2/C(=O)C[C@H]3[C@@H]4C(=O)N(Cc5ccccc5)C(=O)[C@@H]4[C@@H]23)cc1. The van der Waals surface area contributed by atoms with E-state index in [1.807, 2.05) is 60.7 Å². The van der Waals surface area contributed by atoms with Crippen molar-refractivity contribution in [3.63, 3.8) is 0 Å². The molecule has 5 heteroatoms. The number of ketones is 1. The lowest BCUT2D eigenvalue weighted by atomic mass is 9.58. The third kappa shape index (κ3) is 2.72. The minimum Gasteiger partial charge on any atom is -0.497 e. The summed E-state index contributed by atoms with van der Waals surface area (Å²) < 4.78 is 5.18. The molecule has 1 heterocycles. The second kappa shape index (κ2) is 6.69. The summed E-state index contributed by atoms with van der Waals surface area (Å²) in [6.45, 7) is 0.302. The molecule has 146 valence electrons. The number of allylic oxidation sites excluding steroid dienone is 1. The highest BCUT2D eigenvalue weighted by Gasteiger charge is 2.68. The molecule has 2 aromatic rings. The van der Waals surface area contributed by atoms with Gasteiger partial charge in [0.25, 0.3) is 0 Å². The summed E-state index contributed by atoms with van der Waals surface area (Å²) in [5.41, 5.74) is 2.52. The first-order valence-electron chi connectivity index (χ1n) is 9.86. The predicted molar refractivity (Wildman–Crippen MR) is 107 cm³/mol. The van der Waals surface area contributed by atoms with E-state index in [0.717, 1.165) is 16.9 Å². The number of carbonyl (C=O) groups is 3. The lowest BCUT2D eigenvalue weighted by molar-refractivity contribution is -0.140. The van der Waals surface area contributed by atoms with E-state index in [1.165, 1.54) is 4.90 Å². The summed E-state index contributed by atoms with van der Waals surface area (Å²) >= 11 is 0. The summed E-state index contributed by atoms with van der Waals surface area (Å²) in [4.78, 5) is 40.0. The number of methoxy groups -OCH3 is 1. The number of carbonyl (C=O) groups excluding carboxylic acids is 3. The van der Waals surface area contributed by atoms with Crippen molar-refractivity contribution in [3.05, 3.63) is 71.3 Å². The summed E-state index contributed by atoms with van der Waals surface area (Å²) in [5.74, 6) is -0.390. The molecule has 0 unspecified atom stereocenters. The van der Waals surface area contributed by atoms with Gasteiger partial charge in [0, 0.05) is 12.3 Å². The maximum absolute atomic E-state index is 13.1. The standard InChI is InChI=1S/C24H21NO4/c1-29-16-9-7-14(8-10-16)11-17-19(26)12-18-20(17)22-21(18)23(27)25(24(22)28)13-15-5-3-2-4-6-15/h2-11,18,20-22H,12-13H2,1H3/b17-11-/t18-,20+,21+,22-/m1/s1. The molecule has 5 nitrogen and oxygen atoms in total. The Morgan fingerprint density at radius 2 is 1.62 bits per heavy atom. The van der Waals surface area contributed by atoms with E-state index in [-0.39, 0.29) is 35.4 Å². The van der Waals surface area contributed by atoms with Gasteiger partial charge in [-0.15, -0.1) is 0 Å². The Morgan fingerprint density at radius 1 is 0.931 bits per heavy atom. The molecule has 1 aliphatic heterocycles. The van der Waals surface area contributed by atoms with Crippen molar-refractivity contribution in [1.29, 1.82) is 0 Å². The minimum absolute atomic E-state index is 0.0470. The average molecular weight is 387 g/mol. The summed E-state index contributed by atoms with van der Waals surface area (Å²) in [7, 11) is 1.61. The van der Waals surface area contributed by atoms with Crippen molar-refractivity contribution in [2.75, 3.05) is 7.11 Å². The third-order valence-corrected chi connectivity index (χ3v) is 6.52. The topological polar surface area (TPSA) is 63.7 Å². The van der Waals surface area contributed by atoms with Gasteiger partial charge in [-0.05, 0) is 40.8 Å². The Balaban J connectivity index is 1.41. The molecular weight excluding hydrogens is 366 g/mol. The van der Waals surface area contributed by atoms with Crippen LogP contribution < -0.4 is 4.74 Å². The van der Waals surface area contributed by atoms with Crippen LogP contribution in [0.4, 0.5) is 0 Å². The van der Waals surface area contributed by atoms with E-state index in [1.54, 1.807) is 7.11 Å². The number of imide groups is 1. The Kier molecular flexibility index (Phi) is 4.12. The first-order chi connectivity index (χ1) is 14.1. The highest BCUT2D eigenvalue weighted by Crippen LogP contribution is 2.60. The van der Waals surface area contributed by atoms with Crippen LogP contribution in [0.25, 0.3) is 6.08 Å². The van der Waals surface area contributed by atoms with Crippen molar-refractivity contribution in [2.24, 2.45) is 23.7 Å². The van der Waals surface area contributed by atoms with Crippen molar-refractivity contribution in [1.82, 2.24) is 4.90 Å². The molecule has 5 rings (SSSR count). The Bertz CT molecular complexity index is 1020. The number of ether oxygens (including phenoxy) is 1. The molecule has 3 aliphatic rings. The van der Waals surface area contributed by atoms with Gasteiger partial charge in [-0.2, -0.15) is 0 Å². The second-order valence-corrected chi connectivity index (χ2v) is 7.99. The molecule has 2 aromatic carbocycles. The van der Waals surface area contributed by atoms with E-state index in [4.69, 9.17) is 4.74 Å². The fourth-order valence-electron chi connectivity index (χ4n) is 5.12. The van der Waals surface area contributed by atoms with Crippen LogP contribution in [0.15, 0.2) is 60.2 Å². The highest BCUT2D eigenvalue weighted by molar-refractivity contribution is 6.12. The van der Waals surface area contributed by atoms with E-state index < -0.39 is 5.92 Å². The molecule has 0 spiro atoms. The van der Waals surface area contributed by atoms with E-state index in [0.29, 0.717) is 18.5 Å². The molecule has 29 heavy (non-hydrogen) atoms. The molecule has 2 saturated carbocycles. The van der Waals surface area contributed by atoms with E-state index >= 15 is 0 Å². The second-order valence-electron chi connectivity index (χ2n) is 7.99. The first kappa shape index (κ1) is 17.9. The van der Waals surface area contributed by atoms with Crippen molar-refractivity contribution < 1.29 is 19.1 Å². The normalized spacial score (nSPS) is 29.1. The molecular formula is C24H21NO4. The van der Waals surface area contributed by atoms with Gasteiger partial charge in [-0.1, -0.05) is 42.5 Å². The number of Topliss-reactive ketones (excluding diaryl/α,β-unsaturated/α-hetero) is 1. The summed E-state index contributed by atoms with van der Waals surface area (Å²) in [5, 5.41) is 0. The third-order valence-electron chi connectivity index (χ3n) is 6.52. The van der Waals surface area contributed by atoms with Crippen molar-refractivity contribution in [3.8, 4) is 5.75 Å². The van der Waals surface area contributed by atoms with Crippen LogP contribution in [-0.4, -0.2) is 29.6 Å². The largest absolute Gasteiger partial charge is 0.497 e. The molecule has 0 N–H and O–H groups in total. The first-order valence-corrected chi connectivity index (χ1v) is 9.86. The predicted octanol–water partition coefficient (Wildman–Crippen LogP) is 3.10. The average Bonchev–Trinajstić information content (AvgIpc) is 3.10. The molecule has 3 fully saturated rings. The van der Waals surface area contributed by atoms with Gasteiger partial charge >= 0.3 is 0 Å². The van der Waals surface area contributed by atoms with Gasteiger partial charge in [0.15, 0.2) is 5.78 Å². The van der Waals surface area contributed by atoms with Gasteiger partial charge in [0.05, 0.1) is 25.5 Å². The van der Waals surface area contributed by atoms with Crippen LogP contribution in [0.5, 0.6) is 5.75 Å². The smallest absolute Gasteiger partial charge is 0.234 e. The maximum atomic E-state index is 13.1.